The number of hydrogen-bond acceptors (Lipinski definition) is 1. The summed E-state index contributed by atoms with van der Waals surface area (Å²) < 4.78 is 1.94. The third-order valence-electron chi connectivity index (χ3n) is 1.47. The Bertz CT molecular complexity index is 217. The lowest BCUT2D eigenvalue weighted by Crippen LogP contribution is -1.98. The molecule has 0 saturated heterocycles. The number of alkyl halides is 1. The van der Waals surface area contributed by atoms with Gasteiger partial charge in [-0.25, -0.2) is 0 Å². The fraction of sp³-hybridized carbons (Fsp3) is 0.571. The molecule has 0 aliphatic heterocycles. The molecular formula is C7H11ClN2. The molecule has 0 N–H and O–H groups in total. The number of halogens is 1. The fourth-order valence-electron chi connectivity index (χ4n) is 0.964. The molecule has 56 valence electrons. The molecule has 1 heterocycles. The molecule has 0 radical (unpaired) electrons. The molecule has 0 spiro atoms. The van der Waals surface area contributed by atoms with Crippen molar-refractivity contribution in [1.29, 1.82) is 0 Å². The van der Waals surface area contributed by atoms with Gasteiger partial charge in [-0.1, -0.05) is 0 Å². The van der Waals surface area contributed by atoms with E-state index in [-0.39, 0.29) is 0 Å². The lowest BCUT2D eigenvalue weighted by atomic mass is 10.4. The molecule has 0 aliphatic carbocycles. The Labute approximate surface area is 65.8 Å². The molecule has 2 nitrogen and oxygen atoms in total. The number of hydrogen-bond donors (Lipinski definition) is 0. The van der Waals surface area contributed by atoms with Gasteiger partial charge in [-0.3, -0.25) is 4.68 Å². The maximum Gasteiger partial charge on any atom is 0.0775 e. The van der Waals surface area contributed by atoms with E-state index in [2.05, 4.69) is 12.0 Å². The van der Waals surface area contributed by atoms with Gasteiger partial charge in [0.25, 0.3) is 0 Å². The van der Waals surface area contributed by atoms with Crippen LogP contribution >= 0.6 is 11.6 Å². The minimum atomic E-state index is 0.508. The predicted molar refractivity (Wildman–Crippen MR) is 42.2 cm³/mol. The summed E-state index contributed by atoms with van der Waals surface area (Å²) in [7, 11) is 0. The highest BCUT2D eigenvalue weighted by Gasteiger charge is 1.99. The van der Waals surface area contributed by atoms with Crippen LogP contribution in [0.3, 0.4) is 0 Å². The summed E-state index contributed by atoms with van der Waals surface area (Å²) in [5, 5.41) is 4.23. The Morgan fingerprint density at radius 3 is 2.70 bits per heavy atom. The topological polar surface area (TPSA) is 17.8 Å². The second kappa shape index (κ2) is 3.06. The van der Waals surface area contributed by atoms with Crippen molar-refractivity contribution in [3.63, 3.8) is 0 Å². The zero-order valence-electron chi connectivity index (χ0n) is 6.26. The largest absolute Gasteiger partial charge is 0.270 e. The molecule has 0 atom stereocenters. The van der Waals surface area contributed by atoms with E-state index in [1.807, 2.05) is 17.7 Å². The van der Waals surface area contributed by atoms with Crippen LogP contribution in [0.5, 0.6) is 0 Å². The minimum absolute atomic E-state index is 0.508. The number of aryl methyl sites for hydroxylation is 2. The third kappa shape index (κ3) is 1.32. The Morgan fingerprint density at radius 1 is 1.70 bits per heavy atom. The summed E-state index contributed by atoms with van der Waals surface area (Å²) in [5.41, 5.74) is 2.14. The van der Waals surface area contributed by atoms with Gasteiger partial charge in [0.1, 0.15) is 0 Å². The van der Waals surface area contributed by atoms with E-state index < -0.39 is 0 Å². The monoisotopic (exact) mass is 158 g/mol. The van der Waals surface area contributed by atoms with Crippen LogP contribution < -0.4 is 0 Å². The average Bonchev–Trinajstić information content (AvgIpc) is 2.30. The molecular weight excluding hydrogens is 148 g/mol. The van der Waals surface area contributed by atoms with Crippen LogP contribution in [0.2, 0.25) is 0 Å². The van der Waals surface area contributed by atoms with Crippen molar-refractivity contribution in [2.24, 2.45) is 0 Å². The highest BCUT2D eigenvalue weighted by Crippen LogP contribution is 2.04. The summed E-state index contributed by atoms with van der Waals surface area (Å²) in [4.78, 5) is 0. The Balaban J connectivity index is 2.92. The second-order valence-electron chi connectivity index (χ2n) is 2.23. The first-order valence-corrected chi connectivity index (χ1v) is 3.90. The van der Waals surface area contributed by atoms with Crippen LogP contribution in [0.4, 0.5) is 0 Å². The maximum absolute atomic E-state index is 5.59. The van der Waals surface area contributed by atoms with Gasteiger partial charge in [-0.05, 0) is 19.9 Å². The Hall–Kier alpha value is -0.500. The average molecular weight is 159 g/mol. The molecule has 0 bridgehead atoms. The van der Waals surface area contributed by atoms with Crippen molar-refractivity contribution < 1.29 is 0 Å². The smallest absolute Gasteiger partial charge is 0.0775 e. The van der Waals surface area contributed by atoms with Crippen molar-refractivity contribution in [2.75, 3.05) is 0 Å². The first kappa shape index (κ1) is 7.61. The summed E-state index contributed by atoms with van der Waals surface area (Å²) >= 11 is 5.59. The molecule has 1 aromatic rings. The zero-order chi connectivity index (χ0) is 7.56. The van der Waals surface area contributed by atoms with E-state index in [1.165, 1.54) is 5.69 Å². The predicted octanol–water partition coefficient (Wildman–Crippen LogP) is 1.95. The van der Waals surface area contributed by atoms with E-state index in [9.17, 15) is 0 Å². The Kier molecular flexibility index (Phi) is 2.33. The van der Waals surface area contributed by atoms with Crippen molar-refractivity contribution in [3.8, 4) is 0 Å². The van der Waals surface area contributed by atoms with Gasteiger partial charge in [-0.15, -0.1) is 11.6 Å². The van der Waals surface area contributed by atoms with E-state index in [0.29, 0.717) is 5.88 Å². The molecule has 3 heteroatoms. The summed E-state index contributed by atoms with van der Waals surface area (Å²) in [6.45, 7) is 5.02. The fourth-order valence-corrected chi connectivity index (χ4v) is 1.09. The first-order chi connectivity index (χ1) is 4.77. The zero-order valence-corrected chi connectivity index (χ0v) is 7.02. The van der Waals surface area contributed by atoms with Crippen molar-refractivity contribution in [2.45, 2.75) is 26.3 Å². The van der Waals surface area contributed by atoms with Crippen LogP contribution in [-0.4, -0.2) is 9.78 Å². The lowest BCUT2D eigenvalue weighted by molar-refractivity contribution is 0.633. The molecule has 0 saturated carbocycles. The van der Waals surface area contributed by atoms with Gasteiger partial charge >= 0.3 is 0 Å². The summed E-state index contributed by atoms with van der Waals surface area (Å²) in [5.74, 6) is 0.508. The molecule has 0 fully saturated rings. The SMILES string of the molecule is CCn1nc(CCl)cc1C. The van der Waals surface area contributed by atoms with Gasteiger partial charge in [0.2, 0.25) is 0 Å². The lowest BCUT2D eigenvalue weighted by Gasteiger charge is -1.95. The first-order valence-electron chi connectivity index (χ1n) is 3.37. The van der Waals surface area contributed by atoms with E-state index >= 15 is 0 Å². The summed E-state index contributed by atoms with van der Waals surface area (Å²) in [6, 6.07) is 2.01. The van der Waals surface area contributed by atoms with Gasteiger partial charge in [0, 0.05) is 12.2 Å². The number of aromatic nitrogens is 2. The highest BCUT2D eigenvalue weighted by atomic mass is 35.5. The standard InChI is InChI=1S/C7H11ClN2/c1-3-10-6(2)4-7(5-8)9-10/h4H,3,5H2,1-2H3. The van der Waals surface area contributed by atoms with Crippen LogP contribution in [0.15, 0.2) is 6.07 Å². The number of rotatable bonds is 2. The normalized spacial score (nSPS) is 10.3. The van der Waals surface area contributed by atoms with Gasteiger partial charge in [-0.2, -0.15) is 5.10 Å². The number of nitrogens with zero attached hydrogens (tertiary/aromatic N) is 2. The Morgan fingerprint density at radius 2 is 2.40 bits per heavy atom. The molecule has 10 heavy (non-hydrogen) atoms. The molecule has 0 unspecified atom stereocenters. The van der Waals surface area contributed by atoms with Crippen LogP contribution in [0.1, 0.15) is 18.3 Å². The minimum Gasteiger partial charge on any atom is -0.270 e. The maximum atomic E-state index is 5.59. The molecule has 0 amide bonds. The van der Waals surface area contributed by atoms with Crippen molar-refractivity contribution in [3.05, 3.63) is 17.5 Å². The van der Waals surface area contributed by atoms with Crippen LogP contribution in [-0.2, 0) is 12.4 Å². The van der Waals surface area contributed by atoms with Gasteiger partial charge in [0.15, 0.2) is 0 Å². The van der Waals surface area contributed by atoms with E-state index in [4.69, 9.17) is 11.6 Å². The van der Waals surface area contributed by atoms with Gasteiger partial charge in [0.05, 0.1) is 11.6 Å². The molecule has 0 aliphatic rings. The van der Waals surface area contributed by atoms with E-state index in [1.54, 1.807) is 0 Å². The second-order valence-corrected chi connectivity index (χ2v) is 2.49. The van der Waals surface area contributed by atoms with Crippen LogP contribution in [0, 0.1) is 6.92 Å². The van der Waals surface area contributed by atoms with E-state index in [0.717, 1.165) is 12.2 Å². The van der Waals surface area contributed by atoms with Gasteiger partial charge < -0.3 is 0 Å². The quantitative estimate of drug-likeness (QED) is 0.602. The van der Waals surface area contributed by atoms with Crippen LogP contribution in [0.25, 0.3) is 0 Å². The van der Waals surface area contributed by atoms with Crippen molar-refractivity contribution >= 4 is 11.6 Å². The third-order valence-corrected chi connectivity index (χ3v) is 1.74. The molecule has 0 aromatic carbocycles. The summed E-state index contributed by atoms with van der Waals surface area (Å²) in [6.07, 6.45) is 0. The highest BCUT2D eigenvalue weighted by molar-refractivity contribution is 6.16. The molecule has 1 rings (SSSR count). The van der Waals surface area contributed by atoms with Crippen molar-refractivity contribution in [1.82, 2.24) is 9.78 Å². The molecule has 1 aromatic heterocycles.